The van der Waals surface area contributed by atoms with Gasteiger partial charge in [-0.2, -0.15) is 13.2 Å². The number of allylic oxidation sites excluding steroid dienone is 1. The van der Waals surface area contributed by atoms with Crippen LogP contribution in [0.3, 0.4) is 0 Å². The Morgan fingerprint density at radius 1 is 1.18 bits per heavy atom. The number of esters is 1. The molecule has 1 aliphatic heterocycles. The maximum atomic E-state index is 12.8. The van der Waals surface area contributed by atoms with Gasteiger partial charge in [-0.05, 0) is 44.0 Å². The lowest BCUT2D eigenvalue weighted by molar-refractivity contribution is -0.147. The van der Waals surface area contributed by atoms with E-state index in [1.165, 1.54) is 4.90 Å². The van der Waals surface area contributed by atoms with Crippen LogP contribution in [-0.2, 0) is 20.5 Å². The summed E-state index contributed by atoms with van der Waals surface area (Å²) in [5.41, 5.74) is 0.0618. The van der Waals surface area contributed by atoms with Crippen LogP contribution >= 0.6 is 0 Å². The maximum absolute atomic E-state index is 12.8. The Labute approximate surface area is 160 Å². The van der Waals surface area contributed by atoms with Crippen LogP contribution in [0.25, 0.3) is 0 Å². The average molecular weight is 395 g/mol. The van der Waals surface area contributed by atoms with Gasteiger partial charge in [0.15, 0.2) is 0 Å². The van der Waals surface area contributed by atoms with Gasteiger partial charge < -0.3 is 4.74 Å². The van der Waals surface area contributed by atoms with Gasteiger partial charge in [0, 0.05) is 19.4 Å². The lowest BCUT2D eigenvalue weighted by atomic mass is 9.86. The van der Waals surface area contributed by atoms with Gasteiger partial charge in [0.25, 0.3) is 0 Å². The van der Waals surface area contributed by atoms with Gasteiger partial charge in [-0.15, -0.1) is 0 Å². The van der Waals surface area contributed by atoms with Crippen molar-refractivity contribution < 1.29 is 32.3 Å². The first kappa shape index (κ1) is 20.1. The van der Waals surface area contributed by atoms with E-state index in [-0.39, 0.29) is 17.4 Å². The van der Waals surface area contributed by atoms with Crippen LogP contribution in [0, 0.1) is 5.92 Å². The van der Waals surface area contributed by atoms with Crippen molar-refractivity contribution in [1.82, 2.24) is 4.90 Å². The molecule has 0 bridgehead atoms. The van der Waals surface area contributed by atoms with Crippen molar-refractivity contribution in [2.45, 2.75) is 44.9 Å². The molecule has 0 spiro atoms. The average Bonchev–Trinajstić information content (AvgIpc) is 3.06. The molecule has 150 valence electrons. The fourth-order valence-corrected chi connectivity index (χ4v) is 3.49. The van der Waals surface area contributed by atoms with E-state index in [1.54, 1.807) is 0 Å². The van der Waals surface area contributed by atoms with Gasteiger partial charge in [0.1, 0.15) is 6.10 Å². The van der Waals surface area contributed by atoms with Crippen molar-refractivity contribution >= 4 is 17.8 Å². The number of imide groups is 1. The van der Waals surface area contributed by atoms with Crippen LogP contribution < -0.4 is 0 Å². The fraction of sp³-hybridized carbons (Fsp3) is 0.450. The standard InChI is InChI=1S/C20H20F3NO4/c1-12-4-9-15(18(26)24-10-2-3-17(24)25)16(11-12)28-19(27)13-5-7-14(8-6-13)20(21,22)23/h4-8,15-16H,2-3,9-11H2,1H3/t15-,16-/m1/s1. The van der Waals surface area contributed by atoms with Crippen LogP contribution in [0.2, 0.25) is 0 Å². The summed E-state index contributed by atoms with van der Waals surface area (Å²) in [7, 11) is 0. The van der Waals surface area contributed by atoms with E-state index in [0.717, 1.165) is 29.8 Å². The van der Waals surface area contributed by atoms with Gasteiger partial charge >= 0.3 is 12.1 Å². The smallest absolute Gasteiger partial charge is 0.416 e. The molecule has 1 heterocycles. The summed E-state index contributed by atoms with van der Waals surface area (Å²) in [6.45, 7) is 2.21. The van der Waals surface area contributed by atoms with E-state index in [1.807, 2.05) is 13.0 Å². The molecule has 1 saturated heterocycles. The molecule has 8 heteroatoms. The third-order valence-electron chi connectivity index (χ3n) is 5.06. The molecule has 1 aromatic rings. The Balaban J connectivity index is 1.74. The molecular formula is C20H20F3NO4. The van der Waals surface area contributed by atoms with Gasteiger partial charge in [-0.1, -0.05) is 11.6 Å². The van der Waals surface area contributed by atoms with Gasteiger partial charge in [0.05, 0.1) is 17.0 Å². The Morgan fingerprint density at radius 2 is 1.86 bits per heavy atom. The largest absolute Gasteiger partial charge is 0.458 e. The second kappa shape index (κ2) is 7.77. The molecule has 0 saturated carbocycles. The molecule has 0 N–H and O–H groups in total. The highest BCUT2D eigenvalue weighted by atomic mass is 19.4. The molecule has 0 unspecified atom stereocenters. The van der Waals surface area contributed by atoms with Gasteiger partial charge in [0.2, 0.25) is 11.8 Å². The third-order valence-corrected chi connectivity index (χ3v) is 5.06. The number of benzene rings is 1. The second-order valence-electron chi connectivity index (χ2n) is 7.10. The highest BCUT2D eigenvalue weighted by Crippen LogP contribution is 2.31. The van der Waals surface area contributed by atoms with E-state index in [4.69, 9.17) is 4.74 Å². The van der Waals surface area contributed by atoms with Crippen molar-refractivity contribution in [3.05, 3.63) is 47.0 Å². The molecule has 1 fully saturated rings. The van der Waals surface area contributed by atoms with Crippen molar-refractivity contribution in [2.24, 2.45) is 5.92 Å². The molecular weight excluding hydrogens is 375 g/mol. The Hall–Kier alpha value is -2.64. The van der Waals surface area contributed by atoms with Crippen molar-refractivity contribution in [2.75, 3.05) is 6.54 Å². The number of ether oxygens (including phenoxy) is 1. The van der Waals surface area contributed by atoms with Crippen molar-refractivity contribution in [1.29, 1.82) is 0 Å². The lowest BCUT2D eigenvalue weighted by Gasteiger charge is -2.31. The number of carbonyl (C=O) groups excluding carboxylic acids is 3. The molecule has 2 amide bonds. The molecule has 0 radical (unpaired) electrons. The molecule has 1 aromatic carbocycles. The van der Waals surface area contributed by atoms with Crippen LogP contribution in [-0.4, -0.2) is 35.3 Å². The first-order chi connectivity index (χ1) is 13.2. The maximum Gasteiger partial charge on any atom is 0.416 e. The summed E-state index contributed by atoms with van der Waals surface area (Å²) < 4.78 is 43.5. The van der Waals surface area contributed by atoms with Gasteiger partial charge in [-0.3, -0.25) is 14.5 Å². The number of likely N-dealkylation sites (tertiary alicyclic amines) is 1. The number of halogens is 3. The summed E-state index contributed by atoms with van der Waals surface area (Å²) in [5.74, 6) is -2.07. The minimum atomic E-state index is -4.49. The zero-order valence-corrected chi connectivity index (χ0v) is 15.3. The zero-order chi connectivity index (χ0) is 20.5. The summed E-state index contributed by atoms with van der Waals surface area (Å²) in [6.07, 6.45) is -1.75. The number of nitrogens with zero attached hydrogens (tertiary/aromatic N) is 1. The summed E-state index contributed by atoms with van der Waals surface area (Å²) in [6, 6.07) is 3.73. The zero-order valence-electron chi connectivity index (χ0n) is 15.3. The van der Waals surface area contributed by atoms with Crippen LogP contribution in [0.1, 0.15) is 48.5 Å². The minimum Gasteiger partial charge on any atom is -0.458 e. The SMILES string of the molecule is CC1=CC[C@@H](C(=O)N2CCCC2=O)[C@H](OC(=O)c2ccc(C(F)(F)F)cc2)C1. The number of hydrogen-bond acceptors (Lipinski definition) is 4. The molecule has 2 atom stereocenters. The van der Waals surface area contributed by atoms with E-state index in [0.29, 0.717) is 32.2 Å². The quantitative estimate of drug-likeness (QED) is 0.444. The topological polar surface area (TPSA) is 63.7 Å². The first-order valence-corrected chi connectivity index (χ1v) is 9.05. The molecule has 5 nitrogen and oxygen atoms in total. The number of alkyl halides is 3. The number of hydrogen-bond donors (Lipinski definition) is 0. The molecule has 28 heavy (non-hydrogen) atoms. The predicted octanol–water partition coefficient (Wildman–Crippen LogP) is 3.74. The number of carbonyl (C=O) groups is 3. The predicted molar refractivity (Wildman–Crippen MR) is 93.1 cm³/mol. The summed E-state index contributed by atoms with van der Waals surface area (Å²) in [4.78, 5) is 38.3. The highest BCUT2D eigenvalue weighted by molar-refractivity contribution is 5.98. The van der Waals surface area contributed by atoms with Crippen LogP contribution in [0.5, 0.6) is 0 Å². The number of rotatable bonds is 3. The minimum absolute atomic E-state index is 0.0244. The van der Waals surface area contributed by atoms with Crippen molar-refractivity contribution in [3.63, 3.8) is 0 Å². The van der Waals surface area contributed by atoms with Crippen molar-refractivity contribution in [3.8, 4) is 0 Å². The Morgan fingerprint density at radius 3 is 2.43 bits per heavy atom. The van der Waals surface area contributed by atoms with Crippen LogP contribution in [0.4, 0.5) is 13.2 Å². The molecule has 3 rings (SSSR count). The third kappa shape index (κ3) is 4.26. The molecule has 0 aromatic heterocycles. The fourth-order valence-electron chi connectivity index (χ4n) is 3.49. The molecule has 2 aliphatic rings. The highest BCUT2D eigenvalue weighted by Gasteiger charge is 2.39. The molecule has 1 aliphatic carbocycles. The van der Waals surface area contributed by atoms with Crippen LogP contribution in [0.15, 0.2) is 35.9 Å². The van der Waals surface area contributed by atoms with E-state index >= 15 is 0 Å². The Kier molecular flexibility index (Phi) is 5.58. The monoisotopic (exact) mass is 395 g/mol. The van der Waals surface area contributed by atoms with Gasteiger partial charge in [-0.25, -0.2) is 4.79 Å². The first-order valence-electron chi connectivity index (χ1n) is 9.05. The Bertz CT molecular complexity index is 814. The van der Waals surface area contributed by atoms with E-state index in [9.17, 15) is 27.6 Å². The summed E-state index contributed by atoms with van der Waals surface area (Å²) in [5, 5.41) is 0. The number of amides is 2. The normalized spacial score (nSPS) is 22.8. The van der Waals surface area contributed by atoms with E-state index < -0.39 is 29.7 Å². The lowest BCUT2D eigenvalue weighted by Crippen LogP contribution is -2.44. The second-order valence-corrected chi connectivity index (χ2v) is 7.10. The summed E-state index contributed by atoms with van der Waals surface area (Å²) >= 11 is 0. The van der Waals surface area contributed by atoms with E-state index in [2.05, 4.69) is 0 Å².